The van der Waals surface area contributed by atoms with Crippen LogP contribution in [0.2, 0.25) is 0 Å². The van der Waals surface area contributed by atoms with E-state index in [2.05, 4.69) is 4.90 Å². The summed E-state index contributed by atoms with van der Waals surface area (Å²) in [7, 11) is 0. The van der Waals surface area contributed by atoms with Crippen LogP contribution in [-0.2, 0) is 9.59 Å². The van der Waals surface area contributed by atoms with Gasteiger partial charge in [-0.15, -0.1) is 0 Å². The molecule has 0 aromatic heterocycles. The second-order valence-corrected chi connectivity index (χ2v) is 5.73. The monoisotopic (exact) mass is 337 g/mol. The van der Waals surface area contributed by atoms with Crippen LogP contribution in [0.4, 0.5) is 0 Å². The van der Waals surface area contributed by atoms with E-state index in [0.29, 0.717) is 0 Å². The molecule has 0 radical (unpaired) electrons. The maximum atomic E-state index is 9.10. The predicted octanol–water partition coefficient (Wildman–Crippen LogP) is 2.88. The summed E-state index contributed by atoms with van der Waals surface area (Å²) in [5, 5.41) is 14.8. The summed E-state index contributed by atoms with van der Waals surface area (Å²) in [6.07, 6.45) is 7.98. The van der Waals surface area contributed by atoms with E-state index in [1.807, 2.05) is 30.3 Å². The predicted molar refractivity (Wildman–Crippen MR) is 91.4 cm³/mol. The van der Waals surface area contributed by atoms with Crippen molar-refractivity contribution in [2.75, 3.05) is 26.2 Å². The van der Waals surface area contributed by atoms with Crippen LogP contribution in [0.15, 0.2) is 30.3 Å². The number of carboxylic acids is 2. The van der Waals surface area contributed by atoms with Gasteiger partial charge >= 0.3 is 11.9 Å². The van der Waals surface area contributed by atoms with E-state index in [1.54, 1.807) is 0 Å². The number of hydrogen-bond acceptors (Lipinski definition) is 4. The fourth-order valence-electron chi connectivity index (χ4n) is 2.50. The number of para-hydroxylation sites is 1. The molecular weight excluding hydrogens is 310 g/mol. The fourth-order valence-corrected chi connectivity index (χ4v) is 2.50. The van der Waals surface area contributed by atoms with Crippen LogP contribution in [-0.4, -0.2) is 53.3 Å². The van der Waals surface area contributed by atoms with Gasteiger partial charge in [-0.1, -0.05) is 31.0 Å². The highest BCUT2D eigenvalue weighted by Crippen LogP contribution is 2.11. The zero-order valence-electron chi connectivity index (χ0n) is 14.0. The van der Waals surface area contributed by atoms with E-state index in [1.165, 1.54) is 58.2 Å². The normalized spacial score (nSPS) is 13.8. The number of carboxylic acid groups (broad SMARTS) is 2. The van der Waals surface area contributed by atoms with Crippen LogP contribution in [0.5, 0.6) is 5.75 Å². The number of hydrogen-bond donors (Lipinski definition) is 2. The standard InChI is InChI=1S/C16H25NO.C2H2O4/c1(6-12-17-13-7-8-14-17)2-9-15-18-16-10-4-3-5-11-16;3-1(4)2(5)6/h3-5,10-11H,1-2,6-9,12-15H2;(H,3,4)(H,5,6). The molecule has 1 aliphatic heterocycles. The molecule has 1 aromatic carbocycles. The molecule has 0 saturated carbocycles. The second kappa shape index (κ2) is 12.4. The van der Waals surface area contributed by atoms with Crippen molar-refractivity contribution >= 4 is 11.9 Å². The maximum Gasteiger partial charge on any atom is 0.414 e. The lowest BCUT2D eigenvalue weighted by Gasteiger charge is -2.13. The topological polar surface area (TPSA) is 87.1 Å². The van der Waals surface area contributed by atoms with E-state index >= 15 is 0 Å². The maximum absolute atomic E-state index is 9.10. The summed E-state index contributed by atoms with van der Waals surface area (Å²) in [6.45, 7) is 4.82. The third-order valence-electron chi connectivity index (χ3n) is 3.76. The molecule has 0 amide bonds. The zero-order chi connectivity index (χ0) is 17.6. The average molecular weight is 337 g/mol. The third kappa shape index (κ3) is 9.84. The van der Waals surface area contributed by atoms with Gasteiger partial charge in [-0.05, 0) is 57.5 Å². The molecule has 0 bridgehead atoms. The van der Waals surface area contributed by atoms with Crippen molar-refractivity contribution in [2.24, 2.45) is 0 Å². The van der Waals surface area contributed by atoms with E-state index in [-0.39, 0.29) is 0 Å². The lowest BCUT2D eigenvalue weighted by atomic mass is 10.2. The van der Waals surface area contributed by atoms with Gasteiger partial charge in [0.15, 0.2) is 0 Å². The molecule has 0 atom stereocenters. The molecule has 0 aliphatic carbocycles. The number of rotatable bonds is 8. The lowest BCUT2D eigenvalue weighted by Crippen LogP contribution is -2.20. The van der Waals surface area contributed by atoms with Crippen molar-refractivity contribution in [3.8, 4) is 5.75 Å². The van der Waals surface area contributed by atoms with E-state index in [9.17, 15) is 0 Å². The van der Waals surface area contributed by atoms with Gasteiger partial charge in [0.2, 0.25) is 0 Å². The van der Waals surface area contributed by atoms with Crippen LogP contribution >= 0.6 is 0 Å². The van der Waals surface area contributed by atoms with Gasteiger partial charge < -0.3 is 19.8 Å². The summed E-state index contributed by atoms with van der Waals surface area (Å²) < 4.78 is 5.68. The molecule has 1 saturated heterocycles. The first kappa shape index (κ1) is 20.0. The first-order valence-corrected chi connectivity index (χ1v) is 8.46. The molecule has 0 unspecified atom stereocenters. The first-order valence-electron chi connectivity index (χ1n) is 8.46. The van der Waals surface area contributed by atoms with E-state index < -0.39 is 11.9 Å². The molecule has 6 nitrogen and oxygen atoms in total. The van der Waals surface area contributed by atoms with Crippen molar-refractivity contribution in [1.29, 1.82) is 0 Å². The molecule has 1 fully saturated rings. The van der Waals surface area contributed by atoms with Crippen LogP contribution in [0.3, 0.4) is 0 Å². The minimum absolute atomic E-state index is 0.855. The van der Waals surface area contributed by atoms with Crippen molar-refractivity contribution in [2.45, 2.75) is 38.5 Å². The Morgan fingerprint density at radius 3 is 2.08 bits per heavy atom. The van der Waals surface area contributed by atoms with E-state index in [0.717, 1.165) is 12.4 Å². The average Bonchev–Trinajstić information content (AvgIpc) is 3.09. The quantitative estimate of drug-likeness (QED) is 0.560. The number of unbranched alkanes of at least 4 members (excludes halogenated alkanes) is 3. The summed E-state index contributed by atoms with van der Waals surface area (Å²) in [4.78, 5) is 20.8. The Balaban J connectivity index is 0.000000413. The van der Waals surface area contributed by atoms with E-state index in [4.69, 9.17) is 24.5 Å². The Morgan fingerprint density at radius 2 is 1.50 bits per heavy atom. The van der Waals surface area contributed by atoms with Gasteiger partial charge in [-0.2, -0.15) is 0 Å². The number of benzene rings is 1. The number of aliphatic carboxylic acids is 2. The number of likely N-dealkylation sites (tertiary alicyclic amines) is 1. The Labute approximate surface area is 143 Å². The summed E-state index contributed by atoms with van der Waals surface area (Å²) in [5.41, 5.74) is 0. The Hall–Kier alpha value is -2.08. The highest BCUT2D eigenvalue weighted by atomic mass is 16.5. The molecular formula is C18H27NO5. The lowest BCUT2D eigenvalue weighted by molar-refractivity contribution is -0.159. The van der Waals surface area contributed by atoms with Crippen LogP contribution < -0.4 is 4.74 Å². The fraction of sp³-hybridized carbons (Fsp3) is 0.556. The molecule has 134 valence electrons. The number of ether oxygens (including phenoxy) is 1. The largest absolute Gasteiger partial charge is 0.494 e. The van der Waals surface area contributed by atoms with Crippen LogP contribution in [0, 0.1) is 0 Å². The highest BCUT2D eigenvalue weighted by molar-refractivity contribution is 6.27. The van der Waals surface area contributed by atoms with Gasteiger partial charge in [0.1, 0.15) is 5.75 Å². The number of carbonyl (C=O) groups is 2. The smallest absolute Gasteiger partial charge is 0.414 e. The van der Waals surface area contributed by atoms with Gasteiger partial charge in [-0.25, -0.2) is 9.59 Å². The second-order valence-electron chi connectivity index (χ2n) is 5.73. The molecule has 1 heterocycles. The third-order valence-corrected chi connectivity index (χ3v) is 3.76. The van der Waals surface area contributed by atoms with Gasteiger partial charge in [-0.3, -0.25) is 0 Å². The first-order chi connectivity index (χ1) is 11.6. The SMILES string of the molecule is O=C(O)C(=O)O.c1ccc(OCCCCCCN2CCCC2)cc1. The minimum atomic E-state index is -1.82. The Morgan fingerprint density at radius 1 is 0.917 bits per heavy atom. The molecule has 1 aliphatic rings. The Kier molecular flexibility index (Phi) is 10.3. The van der Waals surface area contributed by atoms with Crippen LogP contribution in [0.1, 0.15) is 38.5 Å². The minimum Gasteiger partial charge on any atom is -0.494 e. The van der Waals surface area contributed by atoms with Crippen molar-refractivity contribution < 1.29 is 24.5 Å². The van der Waals surface area contributed by atoms with Crippen LogP contribution in [0.25, 0.3) is 0 Å². The Bertz CT molecular complexity index is 460. The van der Waals surface area contributed by atoms with Crippen molar-refractivity contribution in [1.82, 2.24) is 4.90 Å². The molecule has 1 aromatic rings. The van der Waals surface area contributed by atoms with Gasteiger partial charge in [0.25, 0.3) is 0 Å². The number of nitrogens with zero attached hydrogens (tertiary/aromatic N) is 1. The molecule has 2 N–H and O–H groups in total. The molecule has 6 heteroatoms. The molecule has 0 spiro atoms. The summed E-state index contributed by atoms with van der Waals surface area (Å²) in [6, 6.07) is 10.1. The summed E-state index contributed by atoms with van der Waals surface area (Å²) >= 11 is 0. The zero-order valence-corrected chi connectivity index (χ0v) is 14.0. The highest BCUT2D eigenvalue weighted by Gasteiger charge is 2.09. The van der Waals surface area contributed by atoms with Gasteiger partial charge in [0, 0.05) is 0 Å². The van der Waals surface area contributed by atoms with Crippen molar-refractivity contribution in [3.05, 3.63) is 30.3 Å². The summed E-state index contributed by atoms with van der Waals surface area (Å²) in [5.74, 6) is -2.65. The molecule has 2 rings (SSSR count). The molecule has 24 heavy (non-hydrogen) atoms. The van der Waals surface area contributed by atoms with Crippen molar-refractivity contribution in [3.63, 3.8) is 0 Å². The van der Waals surface area contributed by atoms with Gasteiger partial charge in [0.05, 0.1) is 6.61 Å².